The highest BCUT2D eigenvalue weighted by Gasteiger charge is 1.82. The summed E-state index contributed by atoms with van der Waals surface area (Å²) in [5.41, 5.74) is 2.81. The lowest BCUT2D eigenvalue weighted by Crippen LogP contribution is -1.72. The van der Waals surface area contributed by atoms with Crippen LogP contribution in [0, 0.1) is 0 Å². The Kier molecular flexibility index (Phi) is 11.3. The zero-order valence-corrected chi connectivity index (χ0v) is 8.86. The molecule has 0 saturated carbocycles. The normalized spacial score (nSPS) is 12.2. The Morgan fingerprint density at radius 1 is 1.18 bits per heavy atom. The minimum atomic E-state index is 1.16. The highest BCUT2D eigenvalue weighted by atomic mass is 13.9. The van der Waals surface area contributed by atoms with Gasteiger partial charge in [-0.1, -0.05) is 44.1 Å². The van der Waals surface area contributed by atoms with Crippen molar-refractivity contribution in [3.8, 4) is 0 Å². The first-order valence-electron chi connectivity index (χ1n) is 4.50. The van der Waals surface area contributed by atoms with Gasteiger partial charge in [0.1, 0.15) is 0 Å². The van der Waals surface area contributed by atoms with E-state index in [1.54, 1.807) is 0 Å². The quantitative estimate of drug-likeness (QED) is 0.519. The molecule has 66 valence electrons. The smallest absolute Gasteiger partial charge is 0.0348 e. The van der Waals surface area contributed by atoms with Crippen LogP contribution in [0.1, 0.15) is 48.0 Å². The van der Waals surface area contributed by atoms with Crippen molar-refractivity contribution in [3.05, 3.63) is 23.3 Å². The first kappa shape index (κ1) is 13.1. The van der Waals surface area contributed by atoms with E-state index in [0.29, 0.717) is 0 Å². The van der Waals surface area contributed by atoms with Crippen molar-refractivity contribution >= 4 is 0 Å². The van der Waals surface area contributed by atoms with Crippen molar-refractivity contribution in [3.63, 3.8) is 0 Å². The molecule has 0 aromatic rings. The van der Waals surface area contributed by atoms with Gasteiger partial charge < -0.3 is 0 Å². The molecule has 0 saturated heterocycles. The number of allylic oxidation sites excluding steroid dienone is 4. The molecule has 0 fully saturated rings. The van der Waals surface area contributed by atoms with Crippen LogP contribution in [0.25, 0.3) is 0 Å². The molecule has 11 heavy (non-hydrogen) atoms. The van der Waals surface area contributed by atoms with Gasteiger partial charge in [0, 0.05) is 0 Å². The topological polar surface area (TPSA) is 0 Å². The molecule has 0 spiro atoms. The van der Waals surface area contributed by atoms with Gasteiger partial charge >= 0.3 is 0 Å². The van der Waals surface area contributed by atoms with Gasteiger partial charge in [-0.15, -0.1) is 0 Å². The minimum Gasteiger partial charge on any atom is -0.0847 e. The van der Waals surface area contributed by atoms with Gasteiger partial charge in [-0.25, -0.2) is 0 Å². The van der Waals surface area contributed by atoms with Crippen LogP contribution in [0.4, 0.5) is 0 Å². The van der Waals surface area contributed by atoms with E-state index in [1.807, 2.05) is 13.8 Å². The number of rotatable bonds is 2. The molecule has 0 nitrogen and oxygen atoms in total. The van der Waals surface area contributed by atoms with Crippen molar-refractivity contribution in [2.45, 2.75) is 48.0 Å². The fraction of sp³-hybridized carbons (Fsp3) is 0.636. The van der Waals surface area contributed by atoms with Gasteiger partial charge in [0.25, 0.3) is 0 Å². The zero-order valence-electron chi connectivity index (χ0n) is 8.86. The lowest BCUT2D eigenvalue weighted by molar-refractivity contribution is 1.09. The van der Waals surface area contributed by atoms with E-state index in [-0.39, 0.29) is 0 Å². The van der Waals surface area contributed by atoms with Crippen LogP contribution in [0.2, 0.25) is 0 Å². The third-order valence-electron chi connectivity index (χ3n) is 1.49. The Balaban J connectivity index is 0. The van der Waals surface area contributed by atoms with Crippen LogP contribution in [0.15, 0.2) is 23.3 Å². The largest absolute Gasteiger partial charge is 0.0847 e. The maximum absolute atomic E-state index is 2.22. The molecule has 0 aliphatic heterocycles. The van der Waals surface area contributed by atoms with E-state index >= 15 is 0 Å². The first-order valence-corrected chi connectivity index (χ1v) is 4.50. The molecule has 0 bridgehead atoms. The maximum atomic E-state index is 2.22. The van der Waals surface area contributed by atoms with Gasteiger partial charge in [-0.05, 0) is 27.2 Å². The lowest BCUT2D eigenvalue weighted by atomic mass is 10.1. The Labute approximate surface area is 72.0 Å². The average Bonchev–Trinajstić information content (AvgIpc) is 2.07. The van der Waals surface area contributed by atoms with E-state index in [2.05, 4.69) is 39.8 Å². The van der Waals surface area contributed by atoms with Gasteiger partial charge in [0.15, 0.2) is 0 Å². The van der Waals surface area contributed by atoms with E-state index < -0.39 is 0 Å². The minimum absolute atomic E-state index is 1.16. The summed E-state index contributed by atoms with van der Waals surface area (Å²) in [5, 5.41) is 0. The summed E-state index contributed by atoms with van der Waals surface area (Å²) >= 11 is 0. The zero-order chi connectivity index (χ0) is 9.28. The lowest BCUT2D eigenvalue weighted by Gasteiger charge is -1.93. The van der Waals surface area contributed by atoms with Crippen molar-refractivity contribution in [1.29, 1.82) is 0 Å². The van der Waals surface area contributed by atoms with Crippen LogP contribution in [0.3, 0.4) is 0 Å². The van der Waals surface area contributed by atoms with Crippen LogP contribution >= 0.6 is 0 Å². The molecule has 0 atom stereocenters. The molecular weight excluding hydrogens is 132 g/mol. The Morgan fingerprint density at radius 2 is 1.64 bits per heavy atom. The van der Waals surface area contributed by atoms with Gasteiger partial charge in [0.05, 0.1) is 0 Å². The second kappa shape index (κ2) is 9.48. The van der Waals surface area contributed by atoms with Crippen LogP contribution in [-0.2, 0) is 0 Å². The van der Waals surface area contributed by atoms with Crippen molar-refractivity contribution < 1.29 is 0 Å². The molecule has 0 aromatic carbocycles. The monoisotopic (exact) mass is 154 g/mol. The molecule has 0 amide bonds. The molecular formula is C11H22. The molecule has 0 aromatic heterocycles. The van der Waals surface area contributed by atoms with E-state index in [0.717, 1.165) is 6.42 Å². The maximum Gasteiger partial charge on any atom is -0.0348 e. The van der Waals surface area contributed by atoms with Crippen LogP contribution in [-0.4, -0.2) is 0 Å². The standard InChI is InChI=1S/C9H16.C2H6/c1-5-8(3)7-9(4)6-2;1-2/h5,7H,6H2,1-4H3;1-2H3/b8-5-,9-7-;. The summed E-state index contributed by atoms with van der Waals surface area (Å²) < 4.78 is 0. The molecule has 0 heteroatoms. The van der Waals surface area contributed by atoms with Crippen molar-refractivity contribution in [1.82, 2.24) is 0 Å². The molecule has 0 rings (SSSR count). The molecule has 0 aliphatic carbocycles. The third kappa shape index (κ3) is 9.48. The number of hydrogen-bond acceptors (Lipinski definition) is 0. The Morgan fingerprint density at radius 3 is 1.91 bits per heavy atom. The number of hydrogen-bond donors (Lipinski definition) is 0. The average molecular weight is 154 g/mol. The summed E-state index contributed by atoms with van der Waals surface area (Å²) in [6.07, 6.45) is 5.50. The Hall–Kier alpha value is -0.520. The van der Waals surface area contributed by atoms with Gasteiger partial charge in [-0.2, -0.15) is 0 Å². The van der Waals surface area contributed by atoms with Gasteiger partial charge in [0.2, 0.25) is 0 Å². The molecule has 0 aliphatic rings. The van der Waals surface area contributed by atoms with Gasteiger partial charge in [-0.3, -0.25) is 0 Å². The van der Waals surface area contributed by atoms with Crippen molar-refractivity contribution in [2.24, 2.45) is 0 Å². The second-order valence-corrected chi connectivity index (χ2v) is 2.38. The summed E-state index contributed by atoms with van der Waals surface area (Å²) in [6.45, 7) is 12.5. The first-order chi connectivity index (χ1) is 5.20. The summed E-state index contributed by atoms with van der Waals surface area (Å²) in [6, 6.07) is 0. The molecule has 0 radical (unpaired) electrons. The predicted molar refractivity (Wildman–Crippen MR) is 54.8 cm³/mol. The summed E-state index contributed by atoms with van der Waals surface area (Å²) in [7, 11) is 0. The predicted octanol–water partition coefficient (Wildman–Crippen LogP) is 4.34. The SMILES string of the molecule is C/C=C(C)\C=C(\C)CC.CC. The summed E-state index contributed by atoms with van der Waals surface area (Å²) in [4.78, 5) is 0. The van der Waals surface area contributed by atoms with Crippen LogP contribution in [0.5, 0.6) is 0 Å². The van der Waals surface area contributed by atoms with Crippen LogP contribution < -0.4 is 0 Å². The third-order valence-corrected chi connectivity index (χ3v) is 1.49. The van der Waals surface area contributed by atoms with Crippen molar-refractivity contribution in [2.75, 3.05) is 0 Å². The molecule has 0 heterocycles. The Bertz CT molecular complexity index is 127. The highest BCUT2D eigenvalue weighted by Crippen LogP contribution is 2.03. The molecule has 0 unspecified atom stereocenters. The fourth-order valence-corrected chi connectivity index (χ4v) is 0.574. The second-order valence-electron chi connectivity index (χ2n) is 2.38. The van der Waals surface area contributed by atoms with E-state index in [4.69, 9.17) is 0 Å². The van der Waals surface area contributed by atoms with E-state index in [1.165, 1.54) is 11.1 Å². The van der Waals surface area contributed by atoms with E-state index in [9.17, 15) is 0 Å². The fourth-order valence-electron chi connectivity index (χ4n) is 0.574. The highest BCUT2D eigenvalue weighted by molar-refractivity contribution is 5.19. The molecule has 0 N–H and O–H groups in total. The summed E-state index contributed by atoms with van der Waals surface area (Å²) in [5.74, 6) is 0.